The summed E-state index contributed by atoms with van der Waals surface area (Å²) in [4.78, 5) is 37.8. The lowest BCUT2D eigenvalue weighted by Crippen LogP contribution is -2.45. The van der Waals surface area contributed by atoms with E-state index in [4.69, 9.17) is 14.7 Å². The number of ether oxygens (including phenoxy) is 2. The van der Waals surface area contributed by atoms with Crippen LogP contribution in [0.15, 0.2) is 30.3 Å². The number of nitrogens with zero attached hydrogens (tertiary/aromatic N) is 5. The summed E-state index contributed by atoms with van der Waals surface area (Å²) in [6, 6.07) is 9.05. The van der Waals surface area contributed by atoms with E-state index in [1.54, 1.807) is 34.4 Å². The van der Waals surface area contributed by atoms with E-state index in [1.807, 2.05) is 12.1 Å². The standard InChI is InChI=1S/C24H25N5O3S.C4H6O2/c30-17-28-9-7-27(8-10-28)6-2-5-20-16-21-22(33-20)24(29-11-13-32-14-12-29)26-23(25-21)18-3-1-4-19(31)15-18;5-4-2-1-3-6-4/h1,3-4,15-17,31H,6-14H2;1-3H2. The molecule has 1 aromatic carbocycles. The van der Waals surface area contributed by atoms with E-state index in [1.165, 1.54) is 0 Å². The van der Waals surface area contributed by atoms with Gasteiger partial charge < -0.3 is 24.4 Å². The Hall–Kier alpha value is -3.72. The largest absolute Gasteiger partial charge is 0.508 e. The highest BCUT2D eigenvalue weighted by Crippen LogP contribution is 2.34. The summed E-state index contributed by atoms with van der Waals surface area (Å²) in [5, 5.41) is 9.92. The number of morpholine rings is 1. The zero-order valence-corrected chi connectivity index (χ0v) is 22.5. The molecule has 6 rings (SSSR count). The van der Waals surface area contributed by atoms with E-state index >= 15 is 0 Å². The van der Waals surface area contributed by atoms with Crippen LogP contribution in [0.1, 0.15) is 17.7 Å². The minimum atomic E-state index is -0.0463. The molecule has 1 N–H and O–H groups in total. The number of phenolic OH excluding ortho intramolecular Hbond substituents is 1. The molecule has 3 aliphatic heterocycles. The Kier molecular flexibility index (Phi) is 8.88. The second kappa shape index (κ2) is 12.9. The number of phenols is 1. The summed E-state index contributed by atoms with van der Waals surface area (Å²) in [7, 11) is 0. The number of esters is 1. The molecule has 11 heteroatoms. The van der Waals surface area contributed by atoms with Gasteiger partial charge in [-0.1, -0.05) is 24.0 Å². The number of rotatable bonds is 4. The molecule has 0 bridgehead atoms. The van der Waals surface area contributed by atoms with Crippen molar-refractivity contribution in [2.24, 2.45) is 0 Å². The maximum absolute atomic E-state index is 10.9. The molecule has 39 heavy (non-hydrogen) atoms. The Morgan fingerprint density at radius 3 is 2.54 bits per heavy atom. The molecule has 2 aromatic heterocycles. The number of carbonyl (C=O) groups excluding carboxylic acids is 2. The van der Waals surface area contributed by atoms with Gasteiger partial charge in [0.2, 0.25) is 6.41 Å². The van der Waals surface area contributed by atoms with Crippen LogP contribution in [0.25, 0.3) is 21.6 Å². The molecule has 0 spiro atoms. The van der Waals surface area contributed by atoms with Crippen molar-refractivity contribution >= 4 is 39.8 Å². The predicted molar refractivity (Wildman–Crippen MR) is 149 cm³/mol. The first-order valence-electron chi connectivity index (χ1n) is 13.1. The van der Waals surface area contributed by atoms with Crippen molar-refractivity contribution in [1.29, 1.82) is 0 Å². The topological polar surface area (TPSA) is 108 Å². The van der Waals surface area contributed by atoms with Gasteiger partial charge in [-0.25, -0.2) is 9.97 Å². The minimum Gasteiger partial charge on any atom is -0.508 e. The molecule has 0 unspecified atom stereocenters. The fraction of sp³-hybridized carbons (Fsp3) is 0.429. The van der Waals surface area contributed by atoms with Crippen LogP contribution in [0, 0.1) is 11.8 Å². The molecule has 3 aliphatic rings. The Labute approximate surface area is 231 Å². The molecule has 0 saturated carbocycles. The molecule has 10 nitrogen and oxygen atoms in total. The molecule has 0 radical (unpaired) electrons. The summed E-state index contributed by atoms with van der Waals surface area (Å²) >= 11 is 1.61. The lowest BCUT2D eigenvalue weighted by molar-refractivity contribution is -0.137. The van der Waals surface area contributed by atoms with Crippen molar-refractivity contribution in [2.45, 2.75) is 12.8 Å². The third kappa shape index (κ3) is 7.03. The van der Waals surface area contributed by atoms with Crippen LogP contribution in [0.3, 0.4) is 0 Å². The number of fused-ring (bicyclic) bond motifs is 1. The van der Waals surface area contributed by atoms with Crippen LogP contribution in [0.2, 0.25) is 0 Å². The molecule has 3 saturated heterocycles. The third-order valence-corrected chi connectivity index (χ3v) is 7.66. The van der Waals surface area contributed by atoms with Gasteiger partial charge in [-0.15, -0.1) is 11.3 Å². The predicted octanol–water partition coefficient (Wildman–Crippen LogP) is 2.35. The number of amides is 1. The van der Waals surface area contributed by atoms with Crippen molar-refractivity contribution in [3.05, 3.63) is 35.2 Å². The fourth-order valence-corrected chi connectivity index (χ4v) is 5.47. The van der Waals surface area contributed by atoms with Crippen LogP contribution in [0.4, 0.5) is 5.82 Å². The fourth-order valence-electron chi connectivity index (χ4n) is 4.48. The van der Waals surface area contributed by atoms with Gasteiger partial charge >= 0.3 is 5.97 Å². The van der Waals surface area contributed by atoms with Gasteiger partial charge in [0.15, 0.2) is 11.6 Å². The van der Waals surface area contributed by atoms with E-state index in [0.717, 1.165) is 78.6 Å². The SMILES string of the molecule is O=C1CCCO1.O=CN1CCN(CC#Cc2cc3nc(-c4cccc(O)c4)nc(N4CCOCC4)c3s2)CC1. The third-order valence-electron chi connectivity index (χ3n) is 6.63. The molecule has 3 aromatic rings. The Morgan fingerprint density at radius 1 is 1.05 bits per heavy atom. The first-order chi connectivity index (χ1) is 19.1. The smallest absolute Gasteiger partial charge is 0.305 e. The average Bonchev–Trinajstić information content (AvgIpc) is 3.62. The molecule has 0 aliphatic carbocycles. The highest BCUT2D eigenvalue weighted by atomic mass is 32.1. The summed E-state index contributed by atoms with van der Waals surface area (Å²) in [6.07, 6.45) is 2.46. The number of hydrogen-bond donors (Lipinski definition) is 1. The second-order valence-corrected chi connectivity index (χ2v) is 10.4. The van der Waals surface area contributed by atoms with Gasteiger partial charge in [0.25, 0.3) is 0 Å². The maximum atomic E-state index is 10.9. The van der Waals surface area contributed by atoms with Crippen LogP contribution in [-0.4, -0.2) is 103 Å². The van der Waals surface area contributed by atoms with Gasteiger partial charge in [0, 0.05) is 51.3 Å². The van der Waals surface area contributed by atoms with E-state index in [-0.39, 0.29) is 11.7 Å². The zero-order valence-electron chi connectivity index (χ0n) is 21.7. The van der Waals surface area contributed by atoms with Crippen LogP contribution in [-0.2, 0) is 19.1 Å². The molecule has 5 heterocycles. The quantitative estimate of drug-likeness (QED) is 0.298. The normalized spacial score (nSPS) is 17.7. The van der Waals surface area contributed by atoms with Crippen molar-refractivity contribution < 1.29 is 24.2 Å². The Morgan fingerprint density at radius 2 is 1.87 bits per heavy atom. The minimum absolute atomic E-state index is 0.0463. The van der Waals surface area contributed by atoms with Crippen LogP contribution in [0.5, 0.6) is 5.75 Å². The number of thiophene rings is 1. The van der Waals surface area contributed by atoms with Gasteiger partial charge in [-0.3, -0.25) is 14.5 Å². The van der Waals surface area contributed by atoms with E-state index in [0.29, 0.717) is 38.6 Å². The number of hydrogen-bond acceptors (Lipinski definition) is 10. The van der Waals surface area contributed by atoms with Crippen molar-refractivity contribution in [1.82, 2.24) is 19.8 Å². The summed E-state index contributed by atoms with van der Waals surface area (Å²) < 4.78 is 11.1. The number of carbonyl (C=O) groups is 2. The van der Waals surface area contributed by atoms with E-state index < -0.39 is 0 Å². The zero-order chi connectivity index (χ0) is 27.0. The summed E-state index contributed by atoms with van der Waals surface area (Å²) in [5.74, 6) is 8.21. The van der Waals surface area contributed by atoms with Crippen LogP contribution < -0.4 is 4.90 Å². The molecular weight excluding hydrogens is 518 g/mol. The first-order valence-corrected chi connectivity index (χ1v) is 13.9. The van der Waals surface area contributed by atoms with E-state index in [2.05, 4.69) is 26.4 Å². The molecule has 204 valence electrons. The molecule has 3 fully saturated rings. The number of cyclic esters (lactones) is 1. The Bertz CT molecular complexity index is 1360. The number of aromatic nitrogens is 2. The monoisotopic (exact) mass is 549 g/mol. The molecule has 1 amide bonds. The van der Waals surface area contributed by atoms with Gasteiger partial charge in [0.05, 0.1) is 41.5 Å². The second-order valence-electron chi connectivity index (χ2n) is 9.39. The lowest BCUT2D eigenvalue weighted by atomic mass is 10.2. The van der Waals surface area contributed by atoms with Gasteiger partial charge in [-0.05, 0) is 24.6 Å². The van der Waals surface area contributed by atoms with Gasteiger partial charge in [0.1, 0.15) is 5.75 Å². The van der Waals surface area contributed by atoms with Crippen molar-refractivity contribution in [3.8, 4) is 29.0 Å². The van der Waals surface area contributed by atoms with E-state index in [9.17, 15) is 14.7 Å². The average molecular weight is 550 g/mol. The number of piperazine rings is 1. The van der Waals surface area contributed by atoms with Crippen molar-refractivity contribution in [2.75, 3.05) is 70.5 Å². The highest BCUT2D eigenvalue weighted by molar-refractivity contribution is 7.20. The van der Waals surface area contributed by atoms with Gasteiger partial charge in [-0.2, -0.15) is 0 Å². The summed E-state index contributed by atoms with van der Waals surface area (Å²) in [6.45, 7) is 7.41. The summed E-state index contributed by atoms with van der Waals surface area (Å²) in [5.41, 5.74) is 1.64. The van der Waals surface area contributed by atoms with Crippen LogP contribution >= 0.6 is 11.3 Å². The Balaban J connectivity index is 0.000000455. The number of benzene rings is 1. The lowest BCUT2D eigenvalue weighted by Gasteiger charge is -2.30. The molecule has 0 atom stereocenters. The number of anilines is 1. The highest BCUT2D eigenvalue weighted by Gasteiger charge is 2.20. The maximum Gasteiger partial charge on any atom is 0.305 e. The number of aromatic hydroxyl groups is 1. The molecular formula is C28H31N5O5S. The first kappa shape index (κ1) is 26.9. The van der Waals surface area contributed by atoms with Crippen molar-refractivity contribution in [3.63, 3.8) is 0 Å².